The molecule has 4 rings (SSSR count). The number of piperidine rings is 1. The topological polar surface area (TPSA) is 99.3 Å². The van der Waals surface area contributed by atoms with Gasteiger partial charge in [0.25, 0.3) is 11.6 Å². The van der Waals surface area contributed by atoms with Crippen molar-refractivity contribution in [1.29, 1.82) is 5.26 Å². The first-order valence-electron chi connectivity index (χ1n) is 11.1. The van der Waals surface area contributed by atoms with E-state index in [1.807, 2.05) is 41.3 Å². The van der Waals surface area contributed by atoms with E-state index in [1.54, 1.807) is 12.1 Å². The smallest absolute Gasteiger partial charge is 0.293 e. The van der Waals surface area contributed by atoms with Crippen LogP contribution in [0.2, 0.25) is 0 Å². The van der Waals surface area contributed by atoms with Crippen molar-refractivity contribution in [1.82, 2.24) is 5.32 Å². The van der Waals surface area contributed by atoms with Crippen molar-refractivity contribution < 1.29 is 9.72 Å². The Bertz CT molecular complexity index is 1060. The average Bonchev–Trinajstić information content (AvgIpc) is 3.67. The van der Waals surface area contributed by atoms with Gasteiger partial charge in [0.15, 0.2) is 0 Å². The highest BCUT2D eigenvalue weighted by molar-refractivity contribution is 6.02. The van der Waals surface area contributed by atoms with Gasteiger partial charge in [-0.15, -0.1) is 0 Å². The molecule has 7 heteroatoms. The van der Waals surface area contributed by atoms with E-state index in [2.05, 4.69) is 5.32 Å². The van der Waals surface area contributed by atoms with Crippen molar-refractivity contribution in [3.05, 3.63) is 75.3 Å². The number of nitro groups is 1. The SMILES string of the molecule is N#C/C(=C\c1ccc(N2CCCCC2)c([N+](=O)[O-])c1)C(=O)NC(c1ccccc1)C1CC1. The van der Waals surface area contributed by atoms with Crippen LogP contribution in [0.3, 0.4) is 0 Å². The van der Waals surface area contributed by atoms with Crippen molar-refractivity contribution >= 4 is 23.4 Å². The molecular weight excluding hydrogens is 404 g/mol. The van der Waals surface area contributed by atoms with Gasteiger partial charge in [-0.1, -0.05) is 36.4 Å². The third-order valence-corrected chi connectivity index (χ3v) is 6.11. The van der Waals surface area contributed by atoms with Gasteiger partial charge < -0.3 is 10.2 Å². The van der Waals surface area contributed by atoms with E-state index in [0.29, 0.717) is 17.2 Å². The van der Waals surface area contributed by atoms with Crippen LogP contribution in [0.4, 0.5) is 11.4 Å². The predicted molar refractivity (Wildman–Crippen MR) is 123 cm³/mol. The number of nitro benzene ring substituents is 1. The molecule has 1 aliphatic heterocycles. The number of nitriles is 1. The third-order valence-electron chi connectivity index (χ3n) is 6.11. The van der Waals surface area contributed by atoms with Gasteiger partial charge in [0, 0.05) is 19.2 Å². The molecular formula is C25H26N4O3. The van der Waals surface area contributed by atoms with E-state index in [0.717, 1.165) is 50.8 Å². The number of carbonyl (C=O) groups is 1. The second-order valence-electron chi connectivity index (χ2n) is 8.42. The monoisotopic (exact) mass is 430 g/mol. The molecule has 1 unspecified atom stereocenters. The Hall–Kier alpha value is -3.66. The average molecular weight is 431 g/mol. The van der Waals surface area contributed by atoms with E-state index in [4.69, 9.17) is 0 Å². The Morgan fingerprint density at radius 1 is 1.16 bits per heavy atom. The Labute approximate surface area is 187 Å². The van der Waals surface area contributed by atoms with Gasteiger partial charge >= 0.3 is 0 Å². The maximum Gasteiger partial charge on any atom is 0.293 e. The van der Waals surface area contributed by atoms with Gasteiger partial charge in [0.05, 0.1) is 11.0 Å². The molecule has 164 valence electrons. The maximum absolute atomic E-state index is 12.9. The normalized spacial score (nSPS) is 17.3. The third kappa shape index (κ3) is 4.97. The molecule has 32 heavy (non-hydrogen) atoms. The molecule has 0 aromatic heterocycles. The van der Waals surface area contributed by atoms with Crippen molar-refractivity contribution in [2.75, 3.05) is 18.0 Å². The number of anilines is 1. The highest BCUT2D eigenvalue weighted by Crippen LogP contribution is 2.41. The molecule has 1 atom stereocenters. The molecule has 0 radical (unpaired) electrons. The zero-order valence-electron chi connectivity index (χ0n) is 17.9. The number of nitrogens with one attached hydrogen (secondary N) is 1. The molecule has 2 aromatic rings. The second kappa shape index (κ2) is 9.65. The Morgan fingerprint density at radius 2 is 1.88 bits per heavy atom. The van der Waals surface area contributed by atoms with Gasteiger partial charge in [-0.25, -0.2) is 0 Å². The van der Waals surface area contributed by atoms with E-state index >= 15 is 0 Å². The fraction of sp³-hybridized carbons (Fsp3) is 0.360. The highest BCUT2D eigenvalue weighted by atomic mass is 16.6. The minimum Gasteiger partial charge on any atom is -0.366 e. The molecule has 0 bridgehead atoms. The summed E-state index contributed by atoms with van der Waals surface area (Å²) in [5.41, 5.74) is 2.01. The van der Waals surface area contributed by atoms with Gasteiger partial charge in [0.1, 0.15) is 17.3 Å². The zero-order valence-corrected chi connectivity index (χ0v) is 17.9. The number of hydrogen-bond acceptors (Lipinski definition) is 5. The first kappa shape index (κ1) is 21.6. The Morgan fingerprint density at radius 3 is 2.50 bits per heavy atom. The number of rotatable bonds is 7. The summed E-state index contributed by atoms with van der Waals surface area (Å²) in [5.74, 6) is -0.0952. The summed E-state index contributed by atoms with van der Waals surface area (Å²) in [6, 6.07) is 16.5. The molecule has 0 spiro atoms. The first-order valence-corrected chi connectivity index (χ1v) is 11.1. The minimum atomic E-state index is -0.462. The van der Waals surface area contributed by atoms with E-state index in [-0.39, 0.29) is 17.3 Å². The van der Waals surface area contributed by atoms with Crippen LogP contribution >= 0.6 is 0 Å². The second-order valence-corrected chi connectivity index (χ2v) is 8.42. The first-order chi connectivity index (χ1) is 15.6. The molecule has 1 aliphatic carbocycles. The van der Waals surface area contributed by atoms with Crippen molar-refractivity contribution in [3.63, 3.8) is 0 Å². The lowest BCUT2D eigenvalue weighted by Gasteiger charge is -2.28. The fourth-order valence-electron chi connectivity index (χ4n) is 4.28. The molecule has 1 heterocycles. The summed E-state index contributed by atoms with van der Waals surface area (Å²) in [6.07, 6.45) is 6.67. The van der Waals surface area contributed by atoms with Crippen LogP contribution in [-0.4, -0.2) is 23.9 Å². The lowest BCUT2D eigenvalue weighted by atomic mass is 10.0. The summed E-state index contributed by atoms with van der Waals surface area (Å²) in [6.45, 7) is 1.59. The summed E-state index contributed by atoms with van der Waals surface area (Å²) in [5, 5.41) is 24.3. The lowest BCUT2D eigenvalue weighted by Crippen LogP contribution is -2.30. The summed E-state index contributed by atoms with van der Waals surface area (Å²) >= 11 is 0. The standard InChI is InChI=1S/C25H26N4O3/c26-17-21(25(30)27-24(20-10-11-20)19-7-3-1-4-8-19)15-18-9-12-22(23(16-18)29(31)32)28-13-5-2-6-14-28/h1,3-4,7-9,12,15-16,20,24H,2,5-6,10-11,13-14H2,(H,27,30)/b21-15+. The fourth-order valence-corrected chi connectivity index (χ4v) is 4.28. The van der Waals surface area contributed by atoms with Crippen LogP contribution in [-0.2, 0) is 4.79 Å². The molecule has 1 saturated carbocycles. The summed E-state index contributed by atoms with van der Waals surface area (Å²) in [7, 11) is 0. The number of amides is 1. The van der Waals surface area contributed by atoms with Crippen molar-refractivity contribution in [2.24, 2.45) is 5.92 Å². The van der Waals surface area contributed by atoms with Crippen LogP contribution in [0.5, 0.6) is 0 Å². The number of hydrogen-bond donors (Lipinski definition) is 1. The van der Waals surface area contributed by atoms with Gasteiger partial charge in [-0.05, 0) is 61.3 Å². The lowest BCUT2D eigenvalue weighted by molar-refractivity contribution is -0.384. The van der Waals surface area contributed by atoms with Crippen LogP contribution in [0, 0.1) is 27.4 Å². The quantitative estimate of drug-likeness (QED) is 0.295. The highest BCUT2D eigenvalue weighted by Gasteiger charge is 2.34. The van der Waals surface area contributed by atoms with Gasteiger partial charge in [0.2, 0.25) is 0 Å². The van der Waals surface area contributed by atoms with Gasteiger partial charge in [-0.2, -0.15) is 5.26 Å². The molecule has 2 aliphatic rings. The molecule has 1 saturated heterocycles. The van der Waals surface area contributed by atoms with E-state index in [1.165, 1.54) is 12.1 Å². The largest absolute Gasteiger partial charge is 0.366 e. The summed E-state index contributed by atoms with van der Waals surface area (Å²) in [4.78, 5) is 26.2. The number of benzene rings is 2. The predicted octanol–water partition coefficient (Wildman–Crippen LogP) is 4.76. The van der Waals surface area contributed by atoms with Crippen molar-refractivity contribution in [3.8, 4) is 6.07 Å². The zero-order chi connectivity index (χ0) is 22.5. The van der Waals surface area contributed by atoms with Crippen LogP contribution < -0.4 is 10.2 Å². The number of nitrogens with zero attached hydrogens (tertiary/aromatic N) is 3. The van der Waals surface area contributed by atoms with E-state index in [9.17, 15) is 20.2 Å². The Balaban J connectivity index is 1.57. The minimum absolute atomic E-state index is 0.00140. The Kier molecular flexibility index (Phi) is 6.50. The van der Waals surface area contributed by atoms with Crippen molar-refractivity contribution in [2.45, 2.75) is 38.1 Å². The van der Waals surface area contributed by atoms with Crippen LogP contribution in [0.15, 0.2) is 54.1 Å². The molecule has 7 nitrogen and oxygen atoms in total. The van der Waals surface area contributed by atoms with Crippen LogP contribution in [0.25, 0.3) is 6.08 Å². The van der Waals surface area contributed by atoms with Gasteiger partial charge in [-0.3, -0.25) is 14.9 Å². The molecule has 1 N–H and O–H groups in total. The van der Waals surface area contributed by atoms with E-state index < -0.39 is 10.8 Å². The maximum atomic E-state index is 12.9. The molecule has 1 amide bonds. The number of carbonyl (C=O) groups excluding carboxylic acids is 1. The summed E-state index contributed by atoms with van der Waals surface area (Å²) < 4.78 is 0. The molecule has 2 fully saturated rings. The van der Waals surface area contributed by atoms with Crippen LogP contribution in [0.1, 0.15) is 49.3 Å². The molecule has 2 aromatic carbocycles.